The number of allylic oxidation sites excluding steroid dienone is 2. The van der Waals surface area contributed by atoms with Gasteiger partial charge in [0.25, 0.3) is 0 Å². The van der Waals surface area contributed by atoms with Gasteiger partial charge in [-0.2, -0.15) is 10.3 Å². The second-order valence-corrected chi connectivity index (χ2v) is 11.5. The monoisotopic (exact) mass is 584 g/mol. The Labute approximate surface area is 252 Å². The van der Waals surface area contributed by atoms with E-state index in [-0.39, 0.29) is 23.8 Å². The first-order valence-corrected chi connectivity index (χ1v) is 15.6. The zero-order chi connectivity index (χ0) is 29.4. The normalized spacial score (nSPS) is 20.7. The Morgan fingerprint density at radius 2 is 1.58 bits per heavy atom. The number of carbonyl (C=O) groups is 1. The van der Waals surface area contributed by atoms with Gasteiger partial charge in [0.05, 0.1) is 38.0 Å². The van der Waals surface area contributed by atoms with Crippen LogP contribution in [0.2, 0.25) is 0 Å². The maximum atomic E-state index is 13.6. The summed E-state index contributed by atoms with van der Waals surface area (Å²) in [6.07, 6.45) is 14.5. The molecule has 226 valence electrons. The summed E-state index contributed by atoms with van der Waals surface area (Å²) in [4.78, 5) is 13.6. The van der Waals surface area contributed by atoms with Gasteiger partial charge in [-0.25, -0.2) is 5.01 Å². The summed E-state index contributed by atoms with van der Waals surface area (Å²) in [5.41, 5.74) is 2.87. The molecule has 0 spiro atoms. The number of carbonyl (C=O) groups excluding carboxylic acids is 1. The van der Waals surface area contributed by atoms with Crippen LogP contribution in [0.5, 0.6) is 17.2 Å². The minimum atomic E-state index is -0.0533. The SMILES string of the molecule is COc1ccc(C2=NN(C3CCCCCC3)C(=O)[C@@H]3CC=CC[C@@H]23)cc1OCCCCOc1ccc(-c2nn[nH]n2)cc1. The third kappa shape index (κ3) is 6.73. The minimum Gasteiger partial charge on any atom is -0.494 e. The number of nitrogens with one attached hydrogen (secondary N) is 1. The number of nitrogens with zero attached hydrogens (tertiary/aromatic N) is 5. The minimum absolute atomic E-state index is 0.0533. The van der Waals surface area contributed by atoms with Crippen LogP contribution < -0.4 is 14.2 Å². The molecule has 10 nitrogen and oxygen atoms in total. The molecule has 6 rings (SSSR count). The van der Waals surface area contributed by atoms with Crippen molar-refractivity contribution in [3.63, 3.8) is 0 Å². The number of hydrogen-bond acceptors (Lipinski definition) is 8. The number of hydrazone groups is 1. The molecule has 1 aliphatic heterocycles. The molecular formula is C33H40N6O4. The average Bonchev–Trinajstić information content (AvgIpc) is 3.46. The summed E-state index contributed by atoms with van der Waals surface area (Å²) in [6.45, 7) is 1.12. The van der Waals surface area contributed by atoms with E-state index in [1.165, 1.54) is 12.8 Å². The standard InChI is InChI=1S/C33H40N6O4/c1-41-29-19-16-24(31-27-12-6-7-13-28(27)33(40)39(36-31)25-10-4-2-3-5-11-25)22-30(29)43-21-9-8-20-42-26-17-14-23(15-18-26)32-34-37-38-35-32/h6-7,14-19,22,25,27-28H,2-5,8-13,20-21H2,1H3,(H,34,35,37,38)/t27-,28-/m1/s1. The molecule has 43 heavy (non-hydrogen) atoms. The maximum absolute atomic E-state index is 13.6. The van der Waals surface area contributed by atoms with Crippen LogP contribution in [0.15, 0.2) is 59.7 Å². The number of benzene rings is 2. The number of rotatable bonds is 11. The number of tetrazole rings is 1. The highest BCUT2D eigenvalue weighted by Gasteiger charge is 2.42. The van der Waals surface area contributed by atoms with Crippen molar-refractivity contribution in [2.75, 3.05) is 20.3 Å². The van der Waals surface area contributed by atoms with Gasteiger partial charge in [0.15, 0.2) is 11.5 Å². The summed E-state index contributed by atoms with van der Waals surface area (Å²) in [5.74, 6) is 2.96. The van der Waals surface area contributed by atoms with E-state index in [1.54, 1.807) is 7.11 Å². The molecule has 2 aliphatic carbocycles. The third-order valence-corrected chi connectivity index (χ3v) is 8.69. The van der Waals surface area contributed by atoms with E-state index in [0.717, 1.165) is 74.0 Å². The number of unbranched alkanes of at least 4 members (excludes halogenated alkanes) is 1. The number of aromatic amines is 1. The molecule has 0 radical (unpaired) electrons. The smallest absolute Gasteiger partial charge is 0.247 e. The van der Waals surface area contributed by atoms with E-state index in [1.807, 2.05) is 41.4 Å². The topological polar surface area (TPSA) is 115 Å². The second-order valence-electron chi connectivity index (χ2n) is 11.5. The van der Waals surface area contributed by atoms with Crippen molar-refractivity contribution in [2.45, 2.75) is 70.3 Å². The van der Waals surface area contributed by atoms with Crippen molar-refractivity contribution in [3.8, 4) is 28.6 Å². The Hall–Kier alpha value is -4.21. The fraction of sp³-hybridized carbons (Fsp3) is 0.485. The summed E-state index contributed by atoms with van der Waals surface area (Å²) in [7, 11) is 1.66. The lowest BCUT2D eigenvalue weighted by molar-refractivity contribution is -0.140. The molecule has 1 saturated carbocycles. The number of H-pyrrole nitrogens is 1. The number of fused-ring (bicyclic) bond motifs is 1. The van der Waals surface area contributed by atoms with Crippen LogP contribution in [-0.4, -0.2) is 63.6 Å². The molecule has 2 atom stereocenters. The van der Waals surface area contributed by atoms with E-state index in [9.17, 15) is 4.79 Å². The number of ether oxygens (including phenoxy) is 3. The highest BCUT2D eigenvalue weighted by atomic mass is 16.5. The number of aromatic nitrogens is 4. The summed E-state index contributed by atoms with van der Waals surface area (Å²) >= 11 is 0. The Balaban J connectivity index is 1.09. The Bertz CT molecular complexity index is 1410. The van der Waals surface area contributed by atoms with Gasteiger partial charge >= 0.3 is 0 Å². The first-order chi connectivity index (χ1) is 21.2. The summed E-state index contributed by atoms with van der Waals surface area (Å²) in [6, 6.07) is 13.9. The molecule has 0 saturated heterocycles. The number of methoxy groups -OCH3 is 1. The van der Waals surface area contributed by atoms with Crippen LogP contribution in [0.25, 0.3) is 11.4 Å². The zero-order valence-electron chi connectivity index (χ0n) is 24.8. The largest absolute Gasteiger partial charge is 0.494 e. The lowest BCUT2D eigenvalue weighted by atomic mass is 9.76. The van der Waals surface area contributed by atoms with E-state index in [2.05, 4.69) is 38.8 Å². The molecule has 3 aromatic rings. The highest BCUT2D eigenvalue weighted by Crippen LogP contribution is 2.39. The first kappa shape index (κ1) is 28.9. The molecule has 1 amide bonds. The van der Waals surface area contributed by atoms with Crippen LogP contribution in [0.4, 0.5) is 0 Å². The predicted molar refractivity (Wildman–Crippen MR) is 163 cm³/mol. The van der Waals surface area contributed by atoms with Gasteiger partial charge < -0.3 is 14.2 Å². The second kappa shape index (κ2) is 13.8. The summed E-state index contributed by atoms with van der Waals surface area (Å²) in [5, 5.41) is 21.0. The van der Waals surface area contributed by atoms with E-state index in [0.29, 0.717) is 30.5 Å². The maximum Gasteiger partial charge on any atom is 0.247 e. The van der Waals surface area contributed by atoms with Gasteiger partial charge in [0.1, 0.15) is 5.75 Å². The third-order valence-electron chi connectivity index (χ3n) is 8.69. The Morgan fingerprint density at radius 1 is 0.860 bits per heavy atom. The van der Waals surface area contributed by atoms with Crippen molar-refractivity contribution in [1.82, 2.24) is 25.6 Å². The van der Waals surface area contributed by atoms with Crippen LogP contribution in [0.3, 0.4) is 0 Å². The van der Waals surface area contributed by atoms with Crippen LogP contribution >= 0.6 is 0 Å². The van der Waals surface area contributed by atoms with Crippen molar-refractivity contribution in [2.24, 2.45) is 16.9 Å². The van der Waals surface area contributed by atoms with Crippen molar-refractivity contribution >= 4 is 11.6 Å². The van der Waals surface area contributed by atoms with Crippen molar-refractivity contribution in [1.29, 1.82) is 0 Å². The molecule has 2 heterocycles. The van der Waals surface area contributed by atoms with Gasteiger partial charge in [-0.3, -0.25) is 4.79 Å². The Kier molecular flexibility index (Phi) is 9.30. The predicted octanol–water partition coefficient (Wildman–Crippen LogP) is 5.96. The fourth-order valence-electron chi connectivity index (χ4n) is 6.34. The quantitative estimate of drug-likeness (QED) is 0.168. The fourth-order valence-corrected chi connectivity index (χ4v) is 6.34. The molecular weight excluding hydrogens is 544 g/mol. The number of hydrogen-bond donors (Lipinski definition) is 1. The van der Waals surface area contributed by atoms with Gasteiger partial charge in [-0.1, -0.05) is 37.8 Å². The van der Waals surface area contributed by atoms with Crippen LogP contribution in [-0.2, 0) is 4.79 Å². The van der Waals surface area contributed by atoms with Crippen molar-refractivity contribution < 1.29 is 19.0 Å². The van der Waals surface area contributed by atoms with Gasteiger partial charge in [0, 0.05) is 17.0 Å². The summed E-state index contributed by atoms with van der Waals surface area (Å²) < 4.78 is 17.8. The Morgan fingerprint density at radius 3 is 2.30 bits per heavy atom. The molecule has 0 bridgehead atoms. The molecule has 3 aliphatic rings. The van der Waals surface area contributed by atoms with Crippen LogP contribution in [0, 0.1) is 11.8 Å². The lowest BCUT2D eigenvalue weighted by Gasteiger charge is -2.40. The van der Waals surface area contributed by atoms with Crippen LogP contribution in [0.1, 0.15) is 69.8 Å². The van der Waals surface area contributed by atoms with Gasteiger partial charge in [0.2, 0.25) is 11.7 Å². The molecule has 1 fully saturated rings. The lowest BCUT2D eigenvalue weighted by Crippen LogP contribution is -2.49. The van der Waals surface area contributed by atoms with Gasteiger partial charge in [-0.15, -0.1) is 10.2 Å². The van der Waals surface area contributed by atoms with Gasteiger partial charge in [-0.05, 0) is 86.2 Å². The van der Waals surface area contributed by atoms with Crippen molar-refractivity contribution in [3.05, 3.63) is 60.2 Å². The first-order valence-electron chi connectivity index (χ1n) is 15.6. The highest BCUT2D eigenvalue weighted by molar-refractivity contribution is 6.07. The molecule has 0 unspecified atom stereocenters. The average molecular weight is 585 g/mol. The molecule has 1 aromatic heterocycles. The van der Waals surface area contributed by atoms with E-state index >= 15 is 0 Å². The van der Waals surface area contributed by atoms with E-state index < -0.39 is 0 Å². The zero-order valence-corrected chi connectivity index (χ0v) is 24.8. The number of amides is 1. The molecule has 1 N–H and O–H groups in total. The van der Waals surface area contributed by atoms with E-state index in [4.69, 9.17) is 19.3 Å². The molecule has 2 aromatic carbocycles. The molecule has 10 heteroatoms.